The topological polar surface area (TPSA) is 70.7 Å². The third-order valence-corrected chi connectivity index (χ3v) is 3.90. The number of H-pyrrole nitrogens is 1. The third kappa shape index (κ3) is 4.50. The molecule has 0 radical (unpaired) electrons. The number of carbonyl (C=O) groups is 1. The van der Waals surface area contributed by atoms with E-state index in [9.17, 15) is 9.18 Å². The van der Waals surface area contributed by atoms with Gasteiger partial charge in [-0.2, -0.15) is 5.10 Å². The SMILES string of the molecule is O=C(NCCCCc1ccncc1)c1cc(-c2ccccc2F)n[nH]1. The van der Waals surface area contributed by atoms with Gasteiger partial charge in [-0.3, -0.25) is 14.9 Å². The van der Waals surface area contributed by atoms with Crippen LogP contribution >= 0.6 is 0 Å². The molecular formula is C19H19FN4O. The second-order valence-electron chi connectivity index (χ2n) is 5.72. The largest absolute Gasteiger partial charge is 0.351 e. The highest BCUT2D eigenvalue weighted by Crippen LogP contribution is 2.20. The first-order valence-electron chi connectivity index (χ1n) is 8.21. The number of hydrogen-bond donors (Lipinski definition) is 2. The summed E-state index contributed by atoms with van der Waals surface area (Å²) in [4.78, 5) is 16.1. The summed E-state index contributed by atoms with van der Waals surface area (Å²) in [5.74, 6) is -0.601. The summed E-state index contributed by atoms with van der Waals surface area (Å²) in [6.45, 7) is 0.581. The number of hydrogen-bond acceptors (Lipinski definition) is 3. The minimum Gasteiger partial charge on any atom is -0.351 e. The summed E-state index contributed by atoms with van der Waals surface area (Å²) in [5, 5.41) is 9.53. The molecule has 0 spiro atoms. The lowest BCUT2D eigenvalue weighted by molar-refractivity contribution is 0.0948. The van der Waals surface area contributed by atoms with Crippen LogP contribution < -0.4 is 5.32 Å². The van der Waals surface area contributed by atoms with Crippen molar-refractivity contribution in [3.05, 3.63) is 71.9 Å². The standard InChI is InChI=1S/C19H19FN4O/c20-16-7-2-1-6-15(16)17-13-18(24-23-17)19(25)22-10-4-3-5-14-8-11-21-12-9-14/h1-2,6-9,11-13H,3-5,10H2,(H,22,25)(H,23,24). The Balaban J connectivity index is 1.47. The van der Waals surface area contributed by atoms with E-state index in [1.807, 2.05) is 12.1 Å². The van der Waals surface area contributed by atoms with Crippen molar-refractivity contribution < 1.29 is 9.18 Å². The van der Waals surface area contributed by atoms with Crippen molar-refractivity contribution in [3.63, 3.8) is 0 Å². The van der Waals surface area contributed by atoms with E-state index in [4.69, 9.17) is 0 Å². The molecule has 2 N–H and O–H groups in total. The van der Waals surface area contributed by atoms with Gasteiger partial charge in [-0.15, -0.1) is 0 Å². The predicted octanol–water partition coefficient (Wildman–Crippen LogP) is 3.36. The number of amides is 1. The van der Waals surface area contributed by atoms with Crippen LogP contribution in [0, 0.1) is 5.82 Å². The average molecular weight is 338 g/mol. The zero-order chi connectivity index (χ0) is 17.5. The van der Waals surface area contributed by atoms with Gasteiger partial charge in [0.25, 0.3) is 5.91 Å². The number of aryl methyl sites for hydroxylation is 1. The number of aromatic amines is 1. The lowest BCUT2D eigenvalue weighted by atomic mass is 10.1. The molecule has 0 atom stereocenters. The van der Waals surface area contributed by atoms with E-state index in [2.05, 4.69) is 20.5 Å². The molecule has 5 nitrogen and oxygen atoms in total. The van der Waals surface area contributed by atoms with Gasteiger partial charge < -0.3 is 5.32 Å². The summed E-state index contributed by atoms with van der Waals surface area (Å²) < 4.78 is 13.8. The van der Waals surface area contributed by atoms with Gasteiger partial charge in [0.15, 0.2) is 0 Å². The maximum absolute atomic E-state index is 13.8. The van der Waals surface area contributed by atoms with Crippen molar-refractivity contribution in [1.29, 1.82) is 0 Å². The number of halogens is 1. The van der Waals surface area contributed by atoms with E-state index in [1.165, 1.54) is 11.6 Å². The molecule has 1 aromatic carbocycles. The van der Waals surface area contributed by atoms with Gasteiger partial charge in [0.1, 0.15) is 11.5 Å². The van der Waals surface area contributed by atoms with Crippen LogP contribution in [0.2, 0.25) is 0 Å². The van der Waals surface area contributed by atoms with Crippen LogP contribution in [0.3, 0.4) is 0 Å². The first-order valence-corrected chi connectivity index (χ1v) is 8.21. The van der Waals surface area contributed by atoms with E-state index in [1.54, 1.807) is 36.7 Å². The Morgan fingerprint density at radius 2 is 1.92 bits per heavy atom. The highest BCUT2D eigenvalue weighted by molar-refractivity contribution is 5.93. The number of pyridine rings is 1. The molecule has 2 aromatic heterocycles. The molecule has 0 bridgehead atoms. The van der Waals surface area contributed by atoms with Crippen LogP contribution in [0.1, 0.15) is 28.9 Å². The fourth-order valence-electron chi connectivity index (χ4n) is 2.55. The number of nitrogens with one attached hydrogen (secondary N) is 2. The lowest BCUT2D eigenvalue weighted by Crippen LogP contribution is -2.24. The van der Waals surface area contributed by atoms with Crippen molar-refractivity contribution in [1.82, 2.24) is 20.5 Å². The highest BCUT2D eigenvalue weighted by Gasteiger charge is 2.12. The molecule has 25 heavy (non-hydrogen) atoms. The Morgan fingerprint density at radius 3 is 2.72 bits per heavy atom. The Kier molecular flexibility index (Phi) is 5.51. The molecule has 0 fully saturated rings. The van der Waals surface area contributed by atoms with Crippen LogP contribution in [0.25, 0.3) is 11.3 Å². The quantitative estimate of drug-likeness (QED) is 0.649. The average Bonchev–Trinajstić information content (AvgIpc) is 3.12. The van der Waals surface area contributed by atoms with Crippen LogP contribution in [-0.4, -0.2) is 27.6 Å². The van der Waals surface area contributed by atoms with Gasteiger partial charge in [0, 0.05) is 24.5 Å². The molecule has 0 unspecified atom stereocenters. The summed E-state index contributed by atoms with van der Waals surface area (Å²) >= 11 is 0. The fourth-order valence-corrected chi connectivity index (χ4v) is 2.55. The number of benzene rings is 1. The zero-order valence-electron chi connectivity index (χ0n) is 13.7. The second-order valence-corrected chi connectivity index (χ2v) is 5.72. The number of unbranched alkanes of at least 4 members (excludes halogenated alkanes) is 1. The zero-order valence-corrected chi connectivity index (χ0v) is 13.7. The second kappa shape index (κ2) is 8.19. The minimum absolute atomic E-state index is 0.237. The molecule has 1 amide bonds. The third-order valence-electron chi connectivity index (χ3n) is 3.90. The minimum atomic E-state index is -0.364. The fraction of sp³-hybridized carbons (Fsp3) is 0.211. The first kappa shape index (κ1) is 16.8. The lowest BCUT2D eigenvalue weighted by Gasteiger charge is -2.03. The summed E-state index contributed by atoms with van der Waals surface area (Å²) in [6.07, 6.45) is 6.38. The van der Waals surface area contributed by atoms with Gasteiger partial charge in [-0.1, -0.05) is 12.1 Å². The molecule has 0 aliphatic carbocycles. The van der Waals surface area contributed by atoms with Gasteiger partial charge >= 0.3 is 0 Å². The Morgan fingerprint density at radius 1 is 1.12 bits per heavy atom. The Bertz CT molecular complexity index is 832. The molecule has 0 aliphatic rings. The molecule has 0 aliphatic heterocycles. The predicted molar refractivity (Wildman–Crippen MR) is 93.5 cm³/mol. The highest BCUT2D eigenvalue weighted by atomic mass is 19.1. The first-order chi connectivity index (χ1) is 12.2. The number of rotatable bonds is 7. The van der Waals surface area contributed by atoms with Crippen molar-refractivity contribution in [2.75, 3.05) is 6.54 Å². The van der Waals surface area contributed by atoms with Crippen molar-refractivity contribution >= 4 is 5.91 Å². The molecule has 3 aromatic rings. The Labute approximate surface area is 145 Å². The van der Waals surface area contributed by atoms with Crippen LogP contribution in [0.5, 0.6) is 0 Å². The van der Waals surface area contributed by atoms with Crippen molar-refractivity contribution in [2.45, 2.75) is 19.3 Å². The van der Waals surface area contributed by atoms with Gasteiger partial charge in [-0.25, -0.2) is 4.39 Å². The molecule has 3 rings (SSSR count). The molecule has 0 saturated carbocycles. The van der Waals surface area contributed by atoms with Gasteiger partial charge in [0.2, 0.25) is 0 Å². The number of aromatic nitrogens is 3. The van der Waals surface area contributed by atoms with Crippen molar-refractivity contribution in [2.24, 2.45) is 0 Å². The van der Waals surface area contributed by atoms with E-state index in [0.29, 0.717) is 23.5 Å². The van der Waals surface area contributed by atoms with E-state index < -0.39 is 0 Å². The molecule has 2 heterocycles. The molecule has 128 valence electrons. The number of carbonyl (C=O) groups excluding carboxylic acids is 1. The van der Waals surface area contributed by atoms with Gasteiger partial charge in [0.05, 0.1) is 5.69 Å². The smallest absolute Gasteiger partial charge is 0.269 e. The maximum atomic E-state index is 13.8. The van der Waals surface area contributed by atoms with Crippen LogP contribution in [0.15, 0.2) is 54.9 Å². The molecule has 0 saturated heterocycles. The molecular weight excluding hydrogens is 319 g/mol. The normalized spacial score (nSPS) is 10.6. The Hall–Kier alpha value is -3.02. The summed E-state index contributed by atoms with van der Waals surface area (Å²) in [7, 11) is 0. The van der Waals surface area contributed by atoms with Crippen LogP contribution in [0.4, 0.5) is 4.39 Å². The maximum Gasteiger partial charge on any atom is 0.269 e. The summed E-state index contributed by atoms with van der Waals surface area (Å²) in [5.41, 5.74) is 2.35. The summed E-state index contributed by atoms with van der Waals surface area (Å²) in [6, 6.07) is 11.9. The number of nitrogens with zero attached hydrogens (tertiary/aromatic N) is 2. The van der Waals surface area contributed by atoms with E-state index in [-0.39, 0.29) is 11.7 Å². The molecule has 6 heteroatoms. The van der Waals surface area contributed by atoms with Crippen LogP contribution in [-0.2, 0) is 6.42 Å². The van der Waals surface area contributed by atoms with E-state index >= 15 is 0 Å². The monoisotopic (exact) mass is 338 g/mol. The van der Waals surface area contributed by atoms with Gasteiger partial charge in [-0.05, 0) is 55.2 Å². The van der Waals surface area contributed by atoms with Crippen molar-refractivity contribution in [3.8, 4) is 11.3 Å². The van der Waals surface area contributed by atoms with E-state index in [0.717, 1.165) is 19.3 Å².